The molecule has 2 rings (SSSR count). The Labute approximate surface area is 103 Å². The van der Waals surface area contributed by atoms with Crippen LogP contribution in [0.4, 0.5) is 0 Å². The summed E-state index contributed by atoms with van der Waals surface area (Å²) in [7, 11) is 0. The Balaban J connectivity index is 2.32. The molecule has 3 atom stereocenters. The monoisotopic (exact) mass is 232 g/mol. The maximum Gasteiger partial charge on any atom is 0.162 e. The van der Waals surface area contributed by atoms with Gasteiger partial charge in [0.25, 0.3) is 0 Å². The van der Waals surface area contributed by atoms with Crippen LogP contribution in [0.15, 0.2) is 23.8 Å². The number of Topliss-reactive ketones (excluding diaryl/α,β-unsaturated/α-hetero) is 2. The van der Waals surface area contributed by atoms with Crippen LogP contribution in [0.2, 0.25) is 0 Å². The number of rotatable bonds is 2. The predicted octanol–water partition coefficient (Wildman–Crippen LogP) is 3.08. The van der Waals surface area contributed by atoms with Gasteiger partial charge in [-0.15, -0.1) is 0 Å². The fraction of sp³-hybridized carbons (Fsp3) is 0.600. The third kappa shape index (κ3) is 2.13. The Bertz CT molecular complexity index is 403. The molecule has 1 fully saturated rings. The van der Waals surface area contributed by atoms with Gasteiger partial charge in [0.05, 0.1) is 0 Å². The molecule has 2 aliphatic rings. The first kappa shape index (κ1) is 12.3. The molecule has 17 heavy (non-hydrogen) atoms. The van der Waals surface area contributed by atoms with Gasteiger partial charge in [0, 0.05) is 18.3 Å². The highest BCUT2D eigenvalue weighted by Gasteiger charge is 2.42. The minimum absolute atomic E-state index is 0.0483. The molecule has 2 aliphatic carbocycles. The maximum atomic E-state index is 12.3. The van der Waals surface area contributed by atoms with Crippen LogP contribution in [0.5, 0.6) is 0 Å². The Hall–Kier alpha value is -1.18. The first-order valence-electron chi connectivity index (χ1n) is 6.41. The van der Waals surface area contributed by atoms with Crippen molar-refractivity contribution in [3.05, 3.63) is 23.8 Å². The third-order valence-corrected chi connectivity index (χ3v) is 4.22. The average Bonchev–Trinajstić information content (AvgIpc) is 2.68. The summed E-state index contributed by atoms with van der Waals surface area (Å²) < 4.78 is 0. The van der Waals surface area contributed by atoms with Crippen molar-refractivity contribution >= 4 is 11.6 Å². The standard InChI is InChI=1S/C15H20O2/c1-9(2)11-8-7-10(3)15(17)14(11)12-5-4-6-13(12)16/h7,11-12,14H,1,4-6,8H2,2-3H3/t11-,12-,14+/m0/s1. The van der Waals surface area contributed by atoms with Crippen LogP contribution in [-0.4, -0.2) is 11.6 Å². The molecule has 0 amide bonds. The number of allylic oxidation sites excluding steroid dienone is 3. The van der Waals surface area contributed by atoms with Crippen molar-refractivity contribution in [3.8, 4) is 0 Å². The third-order valence-electron chi connectivity index (χ3n) is 4.22. The van der Waals surface area contributed by atoms with Crippen LogP contribution in [0, 0.1) is 17.8 Å². The topological polar surface area (TPSA) is 34.1 Å². The first-order chi connectivity index (χ1) is 8.02. The highest BCUT2D eigenvalue weighted by molar-refractivity contribution is 6.01. The van der Waals surface area contributed by atoms with E-state index in [-0.39, 0.29) is 29.3 Å². The number of ketones is 2. The van der Waals surface area contributed by atoms with Gasteiger partial charge in [0.1, 0.15) is 5.78 Å². The summed E-state index contributed by atoms with van der Waals surface area (Å²) >= 11 is 0. The summed E-state index contributed by atoms with van der Waals surface area (Å²) in [4.78, 5) is 24.2. The van der Waals surface area contributed by atoms with E-state index < -0.39 is 0 Å². The zero-order valence-corrected chi connectivity index (χ0v) is 10.7. The lowest BCUT2D eigenvalue weighted by Crippen LogP contribution is -2.36. The van der Waals surface area contributed by atoms with Gasteiger partial charge in [0.15, 0.2) is 5.78 Å². The van der Waals surface area contributed by atoms with Crippen LogP contribution in [-0.2, 0) is 9.59 Å². The second kappa shape index (κ2) is 4.59. The zero-order chi connectivity index (χ0) is 12.6. The normalized spacial score (nSPS) is 33.8. The lowest BCUT2D eigenvalue weighted by Gasteiger charge is -2.33. The van der Waals surface area contributed by atoms with E-state index in [1.54, 1.807) is 0 Å². The van der Waals surface area contributed by atoms with Crippen LogP contribution in [0.3, 0.4) is 0 Å². The highest BCUT2D eigenvalue weighted by Crippen LogP contribution is 2.41. The Kier molecular flexibility index (Phi) is 3.32. The van der Waals surface area contributed by atoms with E-state index >= 15 is 0 Å². The van der Waals surface area contributed by atoms with Crippen molar-refractivity contribution < 1.29 is 9.59 Å². The first-order valence-corrected chi connectivity index (χ1v) is 6.41. The summed E-state index contributed by atoms with van der Waals surface area (Å²) in [6.45, 7) is 7.83. The van der Waals surface area contributed by atoms with E-state index in [1.807, 2.05) is 19.9 Å². The van der Waals surface area contributed by atoms with Gasteiger partial charge >= 0.3 is 0 Å². The van der Waals surface area contributed by atoms with Crippen LogP contribution < -0.4 is 0 Å². The summed E-state index contributed by atoms with van der Waals surface area (Å²) in [5.74, 6) is 0.437. The minimum Gasteiger partial charge on any atom is -0.299 e. The van der Waals surface area contributed by atoms with E-state index in [9.17, 15) is 9.59 Å². The zero-order valence-electron chi connectivity index (χ0n) is 10.7. The fourth-order valence-electron chi connectivity index (χ4n) is 3.19. The molecule has 0 spiro atoms. The Morgan fingerprint density at radius 1 is 1.41 bits per heavy atom. The molecule has 0 saturated heterocycles. The molecule has 0 aromatic heterocycles. The molecule has 92 valence electrons. The van der Waals surface area contributed by atoms with Gasteiger partial charge in [0.2, 0.25) is 0 Å². The van der Waals surface area contributed by atoms with Gasteiger partial charge in [-0.1, -0.05) is 18.2 Å². The molecule has 0 aliphatic heterocycles. The van der Waals surface area contributed by atoms with Crippen LogP contribution in [0.1, 0.15) is 39.5 Å². The van der Waals surface area contributed by atoms with Crippen LogP contribution >= 0.6 is 0 Å². The van der Waals surface area contributed by atoms with Crippen LogP contribution in [0.25, 0.3) is 0 Å². The summed E-state index contributed by atoms with van der Waals surface area (Å²) in [6.07, 6.45) is 5.34. The number of hydrogen-bond donors (Lipinski definition) is 0. The van der Waals surface area contributed by atoms with Crippen molar-refractivity contribution in [2.24, 2.45) is 17.8 Å². The quantitative estimate of drug-likeness (QED) is 0.686. The SMILES string of the molecule is C=C(C)[C@@H]1CC=C(C)C(=O)[C@H]1[C@H]1CCCC1=O. The highest BCUT2D eigenvalue weighted by atomic mass is 16.1. The molecule has 0 aromatic carbocycles. The number of carbonyl (C=O) groups is 2. The van der Waals surface area contributed by atoms with Gasteiger partial charge in [-0.05, 0) is 44.6 Å². The van der Waals surface area contributed by atoms with Crippen molar-refractivity contribution in [3.63, 3.8) is 0 Å². The lowest BCUT2D eigenvalue weighted by molar-refractivity contribution is -0.130. The second-order valence-corrected chi connectivity index (χ2v) is 5.43. The molecular weight excluding hydrogens is 212 g/mol. The smallest absolute Gasteiger partial charge is 0.162 e. The largest absolute Gasteiger partial charge is 0.299 e. The number of hydrogen-bond acceptors (Lipinski definition) is 2. The van der Waals surface area contributed by atoms with E-state index in [4.69, 9.17) is 0 Å². The lowest BCUT2D eigenvalue weighted by atomic mass is 9.69. The van der Waals surface area contributed by atoms with Gasteiger partial charge < -0.3 is 0 Å². The van der Waals surface area contributed by atoms with Gasteiger partial charge in [-0.25, -0.2) is 0 Å². The fourth-order valence-corrected chi connectivity index (χ4v) is 3.19. The molecule has 0 aromatic rings. The second-order valence-electron chi connectivity index (χ2n) is 5.43. The minimum atomic E-state index is -0.132. The van der Waals surface area contributed by atoms with E-state index in [1.165, 1.54) is 0 Å². The molecule has 1 saturated carbocycles. The number of carbonyl (C=O) groups excluding carboxylic acids is 2. The van der Waals surface area contributed by atoms with E-state index in [2.05, 4.69) is 6.58 Å². The predicted molar refractivity (Wildman–Crippen MR) is 67.5 cm³/mol. The van der Waals surface area contributed by atoms with E-state index in [0.29, 0.717) is 6.42 Å². The molecule has 0 unspecified atom stereocenters. The van der Waals surface area contributed by atoms with Crippen molar-refractivity contribution in [1.82, 2.24) is 0 Å². The van der Waals surface area contributed by atoms with Gasteiger partial charge in [-0.3, -0.25) is 9.59 Å². The maximum absolute atomic E-state index is 12.3. The molecule has 2 heteroatoms. The summed E-state index contributed by atoms with van der Waals surface area (Å²) in [5, 5.41) is 0. The summed E-state index contributed by atoms with van der Waals surface area (Å²) in [5.41, 5.74) is 1.86. The molecule has 0 bridgehead atoms. The summed E-state index contributed by atoms with van der Waals surface area (Å²) in [6, 6.07) is 0. The van der Waals surface area contributed by atoms with E-state index in [0.717, 1.165) is 30.4 Å². The Morgan fingerprint density at radius 2 is 2.12 bits per heavy atom. The van der Waals surface area contributed by atoms with Gasteiger partial charge in [-0.2, -0.15) is 0 Å². The Morgan fingerprint density at radius 3 is 2.65 bits per heavy atom. The van der Waals surface area contributed by atoms with Crippen molar-refractivity contribution in [2.75, 3.05) is 0 Å². The van der Waals surface area contributed by atoms with Crippen molar-refractivity contribution in [1.29, 1.82) is 0 Å². The molecular formula is C15H20O2. The van der Waals surface area contributed by atoms with Crippen molar-refractivity contribution in [2.45, 2.75) is 39.5 Å². The molecule has 0 radical (unpaired) electrons. The molecule has 0 heterocycles. The molecule has 0 N–H and O–H groups in total. The molecule has 2 nitrogen and oxygen atoms in total. The average molecular weight is 232 g/mol.